The van der Waals surface area contributed by atoms with Gasteiger partial charge in [0, 0.05) is 18.1 Å². The first-order valence-electron chi connectivity index (χ1n) is 13.6. The molecular formula is C31H38ClN3O5S. The number of aryl methyl sites for hydroxylation is 1. The SMILES string of the molecule is CCOc1ccc(S(=O)(=O)N(CC(=O)N(Cc2cccc(Cl)c2)C(C)C(=O)NCC(C)C)c2ccc(C)cc2)cc1. The molecule has 1 unspecified atom stereocenters. The van der Waals surface area contributed by atoms with Gasteiger partial charge in [-0.05, 0) is 80.8 Å². The van der Waals surface area contributed by atoms with Crippen LogP contribution in [-0.4, -0.2) is 50.9 Å². The number of carbonyl (C=O) groups is 2. The molecule has 10 heteroatoms. The first-order valence-corrected chi connectivity index (χ1v) is 15.4. The van der Waals surface area contributed by atoms with Gasteiger partial charge in [-0.2, -0.15) is 0 Å². The van der Waals surface area contributed by atoms with E-state index in [-0.39, 0.29) is 23.3 Å². The van der Waals surface area contributed by atoms with E-state index < -0.39 is 28.5 Å². The fraction of sp³-hybridized carbons (Fsp3) is 0.355. The number of sulfonamides is 1. The minimum atomic E-state index is -4.17. The smallest absolute Gasteiger partial charge is 0.264 e. The minimum absolute atomic E-state index is 0.0124. The zero-order chi connectivity index (χ0) is 30.2. The Labute approximate surface area is 248 Å². The first kappa shape index (κ1) is 32.0. The van der Waals surface area contributed by atoms with Crippen molar-refractivity contribution in [3.63, 3.8) is 0 Å². The number of rotatable bonds is 13. The van der Waals surface area contributed by atoms with Gasteiger partial charge in [0.25, 0.3) is 10.0 Å². The van der Waals surface area contributed by atoms with Crippen LogP contribution in [0.1, 0.15) is 38.8 Å². The fourth-order valence-electron chi connectivity index (χ4n) is 4.11. The van der Waals surface area contributed by atoms with E-state index in [4.69, 9.17) is 16.3 Å². The van der Waals surface area contributed by atoms with Crippen LogP contribution in [0.4, 0.5) is 5.69 Å². The van der Waals surface area contributed by atoms with Gasteiger partial charge in [-0.25, -0.2) is 8.42 Å². The number of hydrogen-bond acceptors (Lipinski definition) is 5. The number of halogens is 1. The van der Waals surface area contributed by atoms with Crippen molar-refractivity contribution in [3.05, 3.63) is 88.9 Å². The molecule has 0 fully saturated rings. The monoisotopic (exact) mass is 599 g/mol. The van der Waals surface area contributed by atoms with Gasteiger partial charge >= 0.3 is 0 Å². The summed E-state index contributed by atoms with van der Waals surface area (Å²) in [5.41, 5.74) is 1.99. The predicted molar refractivity (Wildman–Crippen MR) is 163 cm³/mol. The predicted octanol–water partition coefficient (Wildman–Crippen LogP) is 5.43. The molecule has 2 amide bonds. The number of amides is 2. The minimum Gasteiger partial charge on any atom is -0.494 e. The molecule has 0 bridgehead atoms. The van der Waals surface area contributed by atoms with Crippen molar-refractivity contribution < 1.29 is 22.7 Å². The molecule has 0 heterocycles. The molecule has 1 atom stereocenters. The molecule has 1 N–H and O–H groups in total. The molecule has 3 aromatic rings. The van der Waals surface area contributed by atoms with Crippen molar-refractivity contribution in [2.45, 2.75) is 52.1 Å². The van der Waals surface area contributed by atoms with Gasteiger partial charge in [0.2, 0.25) is 11.8 Å². The van der Waals surface area contributed by atoms with Crippen molar-refractivity contribution in [1.82, 2.24) is 10.2 Å². The second kappa shape index (κ2) is 14.4. The number of nitrogens with one attached hydrogen (secondary N) is 1. The lowest BCUT2D eigenvalue weighted by molar-refractivity contribution is -0.139. The molecule has 3 rings (SSSR count). The second-order valence-electron chi connectivity index (χ2n) is 10.2. The lowest BCUT2D eigenvalue weighted by Crippen LogP contribution is -2.51. The molecule has 3 aromatic carbocycles. The summed E-state index contributed by atoms with van der Waals surface area (Å²) in [5.74, 6) is -0.101. The summed E-state index contributed by atoms with van der Waals surface area (Å²) >= 11 is 6.19. The maximum Gasteiger partial charge on any atom is 0.264 e. The topological polar surface area (TPSA) is 96.0 Å². The summed E-state index contributed by atoms with van der Waals surface area (Å²) in [4.78, 5) is 28.4. The third-order valence-corrected chi connectivity index (χ3v) is 8.44. The van der Waals surface area contributed by atoms with Crippen molar-refractivity contribution in [1.29, 1.82) is 0 Å². The summed E-state index contributed by atoms with van der Waals surface area (Å²) in [7, 11) is -4.17. The van der Waals surface area contributed by atoms with Crippen LogP contribution in [-0.2, 0) is 26.2 Å². The average Bonchev–Trinajstić information content (AvgIpc) is 2.94. The number of benzene rings is 3. The molecule has 0 saturated carbocycles. The molecular weight excluding hydrogens is 562 g/mol. The zero-order valence-electron chi connectivity index (χ0n) is 24.1. The Morgan fingerprint density at radius 1 is 0.976 bits per heavy atom. The highest BCUT2D eigenvalue weighted by Gasteiger charge is 2.32. The van der Waals surface area contributed by atoms with Gasteiger partial charge in [0.05, 0.1) is 17.2 Å². The maximum atomic E-state index is 14.0. The molecule has 0 spiro atoms. The van der Waals surface area contributed by atoms with E-state index in [1.165, 1.54) is 17.0 Å². The number of carbonyl (C=O) groups excluding carboxylic acids is 2. The van der Waals surface area contributed by atoms with Crippen LogP contribution in [0.3, 0.4) is 0 Å². The van der Waals surface area contributed by atoms with Crippen LogP contribution in [0.25, 0.3) is 0 Å². The standard InChI is InChI=1S/C31H38ClN3O5S/c1-6-40-28-14-16-29(17-15-28)41(38,39)35(27-12-10-23(4)11-13-27)21-30(36)34(20-25-8-7-9-26(32)18-25)24(5)31(37)33-19-22(2)3/h7-18,22,24H,6,19-21H2,1-5H3,(H,33,37). The van der Waals surface area contributed by atoms with E-state index in [0.29, 0.717) is 35.2 Å². The number of anilines is 1. The Morgan fingerprint density at radius 2 is 1.63 bits per heavy atom. The van der Waals surface area contributed by atoms with Crippen LogP contribution >= 0.6 is 11.6 Å². The molecule has 0 radical (unpaired) electrons. The normalized spacial score (nSPS) is 12.1. The van der Waals surface area contributed by atoms with Gasteiger partial charge < -0.3 is 15.0 Å². The molecule has 0 aliphatic rings. The van der Waals surface area contributed by atoms with Crippen molar-refractivity contribution >= 4 is 39.1 Å². The Kier molecular flexibility index (Phi) is 11.2. The Morgan fingerprint density at radius 3 is 2.22 bits per heavy atom. The van der Waals surface area contributed by atoms with Crippen molar-refractivity contribution in [2.24, 2.45) is 5.92 Å². The van der Waals surface area contributed by atoms with E-state index in [0.717, 1.165) is 9.87 Å². The van der Waals surface area contributed by atoms with Crippen molar-refractivity contribution in [2.75, 3.05) is 24.0 Å². The van der Waals surface area contributed by atoms with E-state index in [1.54, 1.807) is 67.6 Å². The van der Waals surface area contributed by atoms with Gasteiger partial charge in [-0.3, -0.25) is 13.9 Å². The summed E-state index contributed by atoms with van der Waals surface area (Å²) in [6, 6.07) is 19.1. The van der Waals surface area contributed by atoms with Gasteiger partial charge in [-0.1, -0.05) is 55.3 Å². The number of ether oxygens (including phenoxy) is 1. The van der Waals surface area contributed by atoms with E-state index in [9.17, 15) is 18.0 Å². The quantitative estimate of drug-likeness (QED) is 0.283. The van der Waals surface area contributed by atoms with Gasteiger partial charge in [-0.15, -0.1) is 0 Å². The third kappa shape index (κ3) is 8.71. The number of nitrogens with zero attached hydrogens (tertiary/aromatic N) is 2. The number of hydrogen-bond donors (Lipinski definition) is 1. The molecule has 0 aliphatic heterocycles. The largest absolute Gasteiger partial charge is 0.494 e. The molecule has 8 nitrogen and oxygen atoms in total. The Hall–Kier alpha value is -3.56. The summed E-state index contributed by atoms with van der Waals surface area (Å²) in [5, 5.41) is 3.37. The summed E-state index contributed by atoms with van der Waals surface area (Å²) in [6.07, 6.45) is 0. The van der Waals surface area contributed by atoms with Crippen LogP contribution in [0.15, 0.2) is 77.7 Å². The second-order valence-corrected chi connectivity index (χ2v) is 12.5. The highest BCUT2D eigenvalue weighted by molar-refractivity contribution is 7.92. The maximum absolute atomic E-state index is 14.0. The van der Waals surface area contributed by atoms with Crippen molar-refractivity contribution in [3.8, 4) is 5.75 Å². The molecule has 0 aromatic heterocycles. The summed E-state index contributed by atoms with van der Waals surface area (Å²) < 4.78 is 34.4. The zero-order valence-corrected chi connectivity index (χ0v) is 25.7. The van der Waals surface area contributed by atoms with Crippen LogP contribution < -0.4 is 14.4 Å². The molecule has 0 aliphatic carbocycles. The highest BCUT2D eigenvalue weighted by atomic mass is 35.5. The van der Waals surface area contributed by atoms with E-state index in [2.05, 4.69) is 5.32 Å². The first-order chi connectivity index (χ1) is 19.4. The lowest BCUT2D eigenvalue weighted by atomic mass is 10.1. The van der Waals surface area contributed by atoms with E-state index in [1.807, 2.05) is 27.7 Å². The fourth-order valence-corrected chi connectivity index (χ4v) is 5.74. The van der Waals surface area contributed by atoms with Gasteiger partial charge in [0.15, 0.2) is 0 Å². The van der Waals surface area contributed by atoms with Crippen LogP contribution in [0.5, 0.6) is 5.75 Å². The third-order valence-electron chi connectivity index (χ3n) is 6.42. The summed E-state index contributed by atoms with van der Waals surface area (Å²) in [6.45, 7) is 9.78. The Balaban J connectivity index is 2.00. The Bertz CT molecular complexity index is 1430. The molecule has 41 heavy (non-hydrogen) atoms. The van der Waals surface area contributed by atoms with Crippen LogP contribution in [0.2, 0.25) is 5.02 Å². The average molecular weight is 600 g/mol. The molecule has 220 valence electrons. The van der Waals surface area contributed by atoms with E-state index >= 15 is 0 Å². The highest BCUT2D eigenvalue weighted by Crippen LogP contribution is 2.26. The molecule has 0 saturated heterocycles. The lowest BCUT2D eigenvalue weighted by Gasteiger charge is -2.32. The van der Waals surface area contributed by atoms with Crippen LogP contribution in [0, 0.1) is 12.8 Å². The van der Waals surface area contributed by atoms with Gasteiger partial charge in [0.1, 0.15) is 18.3 Å².